The number of pyridine rings is 1. The third-order valence-electron chi connectivity index (χ3n) is 2.31. The van der Waals surface area contributed by atoms with Gasteiger partial charge in [-0.2, -0.15) is 4.39 Å². The van der Waals surface area contributed by atoms with Gasteiger partial charge >= 0.3 is 0 Å². The van der Waals surface area contributed by atoms with Gasteiger partial charge < -0.3 is 10.4 Å². The minimum absolute atomic E-state index is 0.112. The SMILES string of the molecule is CC(C)C(CO)NC(=O)c1ccnc(F)c1. The summed E-state index contributed by atoms with van der Waals surface area (Å²) >= 11 is 0. The van der Waals surface area contributed by atoms with E-state index in [1.54, 1.807) is 0 Å². The second-order valence-corrected chi connectivity index (χ2v) is 3.87. The van der Waals surface area contributed by atoms with Crippen LogP contribution in [0.15, 0.2) is 18.3 Å². The number of hydrogen-bond donors (Lipinski definition) is 2. The lowest BCUT2D eigenvalue weighted by Gasteiger charge is -2.19. The smallest absolute Gasteiger partial charge is 0.251 e. The number of aliphatic hydroxyl groups is 1. The average molecular weight is 226 g/mol. The van der Waals surface area contributed by atoms with E-state index >= 15 is 0 Å². The normalized spacial score (nSPS) is 12.6. The van der Waals surface area contributed by atoms with Gasteiger partial charge in [-0.1, -0.05) is 13.8 Å². The predicted octanol–water partition coefficient (Wildman–Crippen LogP) is 0.967. The molecule has 1 rings (SSSR count). The number of nitrogens with zero attached hydrogens (tertiary/aromatic N) is 1. The van der Waals surface area contributed by atoms with Gasteiger partial charge in [-0.15, -0.1) is 0 Å². The highest BCUT2D eigenvalue weighted by Gasteiger charge is 2.16. The number of carbonyl (C=O) groups excluding carboxylic acids is 1. The zero-order valence-electron chi connectivity index (χ0n) is 9.27. The van der Waals surface area contributed by atoms with Crippen molar-refractivity contribution < 1.29 is 14.3 Å². The summed E-state index contributed by atoms with van der Waals surface area (Å²) in [6.07, 6.45) is 1.23. The van der Waals surface area contributed by atoms with Gasteiger partial charge in [-0.05, 0) is 12.0 Å². The number of rotatable bonds is 4. The Kier molecular flexibility index (Phi) is 4.37. The van der Waals surface area contributed by atoms with Gasteiger partial charge in [0.15, 0.2) is 0 Å². The fourth-order valence-corrected chi connectivity index (χ4v) is 1.22. The zero-order chi connectivity index (χ0) is 12.1. The van der Waals surface area contributed by atoms with Crippen LogP contribution in [0.4, 0.5) is 4.39 Å². The summed E-state index contributed by atoms with van der Waals surface area (Å²) in [6, 6.07) is 2.15. The van der Waals surface area contributed by atoms with Crippen LogP contribution in [-0.4, -0.2) is 28.6 Å². The summed E-state index contributed by atoms with van der Waals surface area (Å²) < 4.78 is 12.8. The van der Waals surface area contributed by atoms with E-state index in [2.05, 4.69) is 10.3 Å². The molecular weight excluding hydrogens is 211 g/mol. The lowest BCUT2D eigenvalue weighted by atomic mass is 10.1. The molecule has 1 atom stereocenters. The van der Waals surface area contributed by atoms with Crippen molar-refractivity contribution in [1.29, 1.82) is 0 Å². The van der Waals surface area contributed by atoms with Crippen molar-refractivity contribution in [2.75, 3.05) is 6.61 Å². The number of aliphatic hydroxyl groups excluding tert-OH is 1. The highest BCUT2D eigenvalue weighted by Crippen LogP contribution is 2.04. The van der Waals surface area contributed by atoms with Gasteiger partial charge in [0.25, 0.3) is 5.91 Å². The first kappa shape index (κ1) is 12.6. The van der Waals surface area contributed by atoms with E-state index in [9.17, 15) is 9.18 Å². The van der Waals surface area contributed by atoms with E-state index < -0.39 is 11.9 Å². The van der Waals surface area contributed by atoms with Crippen LogP contribution in [0.3, 0.4) is 0 Å². The highest BCUT2D eigenvalue weighted by molar-refractivity contribution is 5.94. The summed E-state index contributed by atoms with van der Waals surface area (Å²) in [4.78, 5) is 15.0. The van der Waals surface area contributed by atoms with Gasteiger partial charge in [0, 0.05) is 17.8 Å². The molecule has 0 fully saturated rings. The average Bonchev–Trinajstić information content (AvgIpc) is 2.25. The third-order valence-corrected chi connectivity index (χ3v) is 2.31. The number of amides is 1. The maximum absolute atomic E-state index is 12.8. The zero-order valence-corrected chi connectivity index (χ0v) is 9.27. The number of nitrogens with one attached hydrogen (secondary N) is 1. The first-order valence-corrected chi connectivity index (χ1v) is 5.08. The Morgan fingerprint density at radius 1 is 1.62 bits per heavy atom. The molecule has 2 N–H and O–H groups in total. The predicted molar refractivity (Wildman–Crippen MR) is 57.4 cm³/mol. The maximum atomic E-state index is 12.8. The van der Waals surface area contributed by atoms with E-state index in [0.29, 0.717) is 0 Å². The van der Waals surface area contributed by atoms with Gasteiger partial charge in [-0.25, -0.2) is 4.98 Å². The molecule has 0 bridgehead atoms. The molecule has 0 spiro atoms. The van der Waals surface area contributed by atoms with E-state index in [4.69, 9.17) is 5.11 Å². The van der Waals surface area contributed by atoms with Crippen molar-refractivity contribution in [3.63, 3.8) is 0 Å². The lowest BCUT2D eigenvalue weighted by Crippen LogP contribution is -2.41. The minimum atomic E-state index is -0.697. The largest absolute Gasteiger partial charge is 0.394 e. The fourth-order valence-electron chi connectivity index (χ4n) is 1.22. The maximum Gasteiger partial charge on any atom is 0.251 e. The Hall–Kier alpha value is -1.49. The van der Waals surface area contributed by atoms with E-state index in [0.717, 1.165) is 6.07 Å². The van der Waals surface area contributed by atoms with E-state index in [1.807, 2.05) is 13.8 Å². The van der Waals surface area contributed by atoms with Crippen LogP contribution < -0.4 is 5.32 Å². The van der Waals surface area contributed by atoms with Crippen molar-refractivity contribution in [1.82, 2.24) is 10.3 Å². The molecule has 0 saturated heterocycles. The molecule has 1 amide bonds. The number of aromatic nitrogens is 1. The van der Waals surface area contributed by atoms with Crippen LogP contribution in [0, 0.1) is 11.9 Å². The molecule has 16 heavy (non-hydrogen) atoms. The molecule has 0 aromatic carbocycles. The Balaban J connectivity index is 2.72. The standard InChI is InChI=1S/C11H15FN2O2/c1-7(2)9(6-15)14-11(16)8-3-4-13-10(12)5-8/h3-5,7,9,15H,6H2,1-2H3,(H,14,16). The molecule has 4 nitrogen and oxygen atoms in total. The molecule has 88 valence electrons. The monoisotopic (exact) mass is 226 g/mol. The Morgan fingerprint density at radius 2 is 2.31 bits per heavy atom. The van der Waals surface area contributed by atoms with Crippen LogP contribution in [0.1, 0.15) is 24.2 Å². The van der Waals surface area contributed by atoms with Gasteiger partial charge in [-0.3, -0.25) is 4.79 Å². The molecule has 1 aromatic heterocycles. The van der Waals surface area contributed by atoms with Crippen molar-refractivity contribution >= 4 is 5.91 Å². The van der Waals surface area contributed by atoms with Gasteiger partial charge in [0.2, 0.25) is 5.95 Å². The summed E-state index contributed by atoms with van der Waals surface area (Å²) in [5.41, 5.74) is 0.201. The molecule has 0 aliphatic heterocycles. The third kappa shape index (κ3) is 3.27. The summed E-state index contributed by atoms with van der Waals surface area (Å²) in [5.74, 6) is -0.993. The van der Waals surface area contributed by atoms with Crippen LogP contribution in [0.5, 0.6) is 0 Å². The molecule has 5 heteroatoms. The molecule has 0 radical (unpaired) electrons. The van der Waals surface area contributed by atoms with Crippen LogP contribution in [0.2, 0.25) is 0 Å². The van der Waals surface area contributed by atoms with Crippen LogP contribution in [0.25, 0.3) is 0 Å². The van der Waals surface area contributed by atoms with Gasteiger partial charge in [0.05, 0.1) is 12.6 Å². The Morgan fingerprint density at radius 3 is 2.81 bits per heavy atom. The number of halogens is 1. The highest BCUT2D eigenvalue weighted by atomic mass is 19.1. The summed E-state index contributed by atoms with van der Waals surface area (Å²) in [5, 5.41) is 11.7. The first-order valence-electron chi connectivity index (χ1n) is 5.08. The molecule has 0 aliphatic carbocycles. The lowest BCUT2D eigenvalue weighted by molar-refractivity contribution is 0.0896. The fraction of sp³-hybridized carbons (Fsp3) is 0.455. The van der Waals surface area contributed by atoms with Gasteiger partial charge in [0.1, 0.15) is 0 Å². The molecular formula is C11H15FN2O2. The first-order chi connectivity index (χ1) is 7.54. The molecule has 0 aliphatic rings. The molecule has 1 aromatic rings. The summed E-state index contributed by atoms with van der Waals surface area (Å²) in [7, 11) is 0. The molecule has 1 heterocycles. The van der Waals surface area contributed by atoms with Crippen molar-refractivity contribution in [3.8, 4) is 0 Å². The second-order valence-electron chi connectivity index (χ2n) is 3.87. The summed E-state index contributed by atoms with van der Waals surface area (Å²) in [6.45, 7) is 3.62. The van der Waals surface area contributed by atoms with E-state index in [-0.39, 0.29) is 24.1 Å². The van der Waals surface area contributed by atoms with Crippen molar-refractivity contribution in [2.45, 2.75) is 19.9 Å². The minimum Gasteiger partial charge on any atom is -0.394 e. The molecule has 1 unspecified atom stereocenters. The Bertz CT molecular complexity index is 369. The van der Waals surface area contributed by atoms with E-state index in [1.165, 1.54) is 12.3 Å². The van der Waals surface area contributed by atoms with Crippen molar-refractivity contribution in [3.05, 3.63) is 29.8 Å². The Labute approximate surface area is 93.5 Å². The topological polar surface area (TPSA) is 62.2 Å². The van der Waals surface area contributed by atoms with Crippen LogP contribution in [-0.2, 0) is 0 Å². The van der Waals surface area contributed by atoms with Crippen LogP contribution >= 0.6 is 0 Å². The number of carbonyl (C=O) groups is 1. The van der Waals surface area contributed by atoms with Crippen molar-refractivity contribution in [2.24, 2.45) is 5.92 Å². The molecule has 0 saturated carbocycles. The quantitative estimate of drug-likeness (QED) is 0.752. The second kappa shape index (κ2) is 5.55. The number of hydrogen-bond acceptors (Lipinski definition) is 3.